The van der Waals surface area contributed by atoms with E-state index < -0.39 is 12.1 Å². The summed E-state index contributed by atoms with van der Waals surface area (Å²) in [5.74, 6) is -0.0150. The molecule has 0 spiro atoms. The average molecular weight is 286 g/mol. The van der Waals surface area contributed by atoms with Crippen LogP contribution < -0.4 is 16.4 Å². The number of primary amides is 1. The Labute approximate surface area is 120 Å². The van der Waals surface area contributed by atoms with Crippen molar-refractivity contribution in [1.82, 2.24) is 15.5 Å². The minimum Gasteiger partial charge on any atom is -0.352 e. The number of amides is 3. The van der Waals surface area contributed by atoms with E-state index in [0.29, 0.717) is 19.4 Å². The third kappa shape index (κ3) is 7.08. The molecule has 0 aromatic rings. The Morgan fingerprint density at radius 1 is 1.30 bits per heavy atom. The SMILES string of the molecule is CC(C)C(C(=O)NC(C=O)CCCNC(N)=O)N(C)C. The highest BCUT2D eigenvalue weighted by molar-refractivity contribution is 5.84. The second kappa shape index (κ2) is 9.30. The number of hydrogen-bond donors (Lipinski definition) is 3. The largest absolute Gasteiger partial charge is 0.352 e. The van der Waals surface area contributed by atoms with Crippen LogP contribution in [-0.2, 0) is 9.59 Å². The van der Waals surface area contributed by atoms with Gasteiger partial charge in [-0.15, -0.1) is 0 Å². The molecule has 0 aliphatic carbocycles. The van der Waals surface area contributed by atoms with Crippen LogP contribution in [0.4, 0.5) is 4.79 Å². The summed E-state index contributed by atoms with van der Waals surface area (Å²) in [7, 11) is 3.66. The zero-order valence-electron chi connectivity index (χ0n) is 12.7. The van der Waals surface area contributed by atoms with Crippen molar-refractivity contribution in [3.05, 3.63) is 0 Å². The number of rotatable bonds is 9. The molecular weight excluding hydrogens is 260 g/mol. The smallest absolute Gasteiger partial charge is 0.312 e. The van der Waals surface area contributed by atoms with Crippen molar-refractivity contribution in [2.24, 2.45) is 11.7 Å². The molecule has 2 unspecified atom stereocenters. The molecule has 0 aromatic carbocycles. The van der Waals surface area contributed by atoms with E-state index in [0.717, 1.165) is 6.29 Å². The van der Waals surface area contributed by atoms with Crippen LogP contribution in [0.1, 0.15) is 26.7 Å². The second-order valence-corrected chi connectivity index (χ2v) is 5.34. The summed E-state index contributed by atoms with van der Waals surface area (Å²) in [5, 5.41) is 5.16. The zero-order chi connectivity index (χ0) is 15.7. The van der Waals surface area contributed by atoms with Crippen LogP contribution in [0.25, 0.3) is 0 Å². The monoisotopic (exact) mass is 286 g/mol. The van der Waals surface area contributed by atoms with Crippen LogP contribution in [0.15, 0.2) is 0 Å². The molecule has 7 heteroatoms. The standard InChI is InChI=1S/C13H26N4O3/c1-9(2)11(17(3)4)12(19)16-10(8-18)6-5-7-15-13(14)20/h8-11H,5-7H2,1-4H3,(H,16,19)(H3,14,15,20). The fourth-order valence-corrected chi connectivity index (χ4v) is 2.11. The van der Waals surface area contributed by atoms with Crippen LogP contribution in [0.3, 0.4) is 0 Å². The van der Waals surface area contributed by atoms with E-state index >= 15 is 0 Å². The van der Waals surface area contributed by atoms with Crippen molar-refractivity contribution in [2.75, 3.05) is 20.6 Å². The van der Waals surface area contributed by atoms with Crippen molar-refractivity contribution >= 4 is 18.2 Å². The van der Waals surface area contributed by atoms with E-state index in [-0.39, 0.29) is 17.9 Å². The molecule has 20 heavy (non-hydrogen) atoms. The molecular formula is C13H26N4O3. The number of likely N-dealkylation sites (N-methyl/N-ethyl adjacent to an activating group) is 1. The van der Waals surface area contributed by atoms with Crippen molar-refractivity contribution in [3.8, 4) is 0 Å². The lowest BCUT2D eigenvalue weighted by Crippen LogP contribution is -2.50. The molecule has 0 aliphatic rings. The fourth-order valence-electron chi connectivity index (χ4n) is 2.11. The summed E-state index contributed by atoms with van der Waals surface area (Å²) in [4.78, 5) is 35.5. The summed E-state index contributed by atoms with van der Waals surface area (Å²) in [6.45, 7) is 4.30. The molecule has 7 nitrogen and oxygen atoms in total. The van der Waals surface area contributed by atoms with E-state index in [4.69, 9.17) is 5.73 Å². The fraction of sp³-hybridized carbons (Fsp3) is 0.769. The minimum atomic E-state index is -0.593. The number of carbonyl (C=O) groups is 3. The highest BCUT2D eigenvalue weighted by Gasteiger charge is 2.25. The van der Waals surface area contributed by atoms with E-state index in [2.05, 4.69) is 10.6 Å². The highest BCUT2D eigenvalue weighted by atomic mass is 16.2. The molecule has 0 heterocycles. The lowest BCUT2D eigenvalue weighted by atomic mass is 10.0. The molecule has 0 bridgehead atoms. The number of nitrogens with zero attached hydrogens (tertiary/aromatic N) is 1. The first-order valence-corrected chi connectivity index (χ1v) is 6.75. The molecule has 0 aromatic heterocycles. The van der Waals surface area contributed by atoms with Gasteiger partial charge in [0.25, 0.3) is 0 Å². The van der Waals surface area contributed by atoms with Crippen LogP contribution in [0.2, 0.25) is 0 Å². The maximum absolute atomic E-state index is 12.1. The van der Waals surface area contributed by atoms with Crippen LogP contribution in [0, 0.1) is 5.92 Å². The predicted molar refractivity (Wildman–Crippen MR) is 77.1 cm³/mol. The summed E-state index contributed by atoms with van der Waals surface area (Å²) in [6.07, 6.45) is 1.75. The molecule has 0 radical (unpaired) electrons. The van der Waals surface area contributed by atoms with Crippen molar-refractivity contribution in [1.29, 1.82) is 0 Å². The Bertz CT molecular complexity index is 324. The van der Waals surface area contributed by atoms with Gasteiger partial charge in [-0.25, -0.2) is 4.79 Å². The maximum atomic E-state index is 12.1. The van der Waals surface area contributed by atoms with Crippen LogP contribution in [0.5, 0.6) is 0 Å². The normalized spacial score (nSPS) is 13.9. The molecule has 4 N–H and O–H groups in total. The van der Waals surface area contributed by atoms with E-state index in [9.17, 15) is 14.4 Å². The summed E-state index contributed by atoms with van der Waals surface area (Å²) < 4.78 is 0. The van der Waals surface area contributed by atoms with E-state index in [1.165, 1.54) is 0 Å². The Hall–Kier alpha value is -1.63. The quantitative estimate of drug-likeness (QED) is 0.400. The van der Waals surface area contributed by atoms with Gasteiger partial charge in [0.05, 0.1) is 12.1 Å². The molecule has 3 amide bonds. The third-order valence-electron chi connectivity index (χ3n) is 2.94. The minimum absolute atomic E-state index is 0.147. The van der Waals surface area contributed by atoms with Crippen LogP contribution >= 0.6 is 0 Å². The van der Waals surface area contributed by atoms with Gasteiger partial charge in [0.2, 0.25) is 5.91 Å². The number of urea groups is 1. The maximum Gasteiger partial charge on any atom is 0.312 e. The van der Waals surface area contributed by atoms with Crippen molar-refractivity contribution in [2.45, 2.75) is 38.8 Å². The molecule has 0 saturated carbocycles. The van der Waals surface area contributed by atoms with E-state index in [1.807, 2.05) is 32.8 Å². The lowest BCUT2D eigenvalue weighted by Gasteiger charge is -2.28. The third-order valence-corrected chi connectivity index (χ3v) is 2.94. The molecule has 0 fully saturated rings. The van der Waals surface area contributed by atoms with Gasteiger partial charge < -0.3 is 21.2 Å². The van der Waals surface area contributed by atoms with Gasteiger partial charge in [0.1, 0.15) is 6.29 Å². The summed E-state index contributed by atoms with van der Waals surface area (Å²) in [6, 6.07) is -1.41. The number of hydrogen-bond acceptors (Lipinski definition) is 4. The van der Waals surface area contributed by atoms with E-state index in [1.54, 1.807) is 0 Å². The molecule has 116 valence electrons. The first-order chi connectivity index (χ1) is 9.29. The predicted octanol–water partition coefficient (Wildman–Crippen LogP) is -0.295. The number of nitrogens with one attached hydrogen (secondary N) is 2. The molecule has 0 rings (SSSR count). The first-order valence-electron chi connectivity index (χ1n) is 6.75. The number of nitrogens with two attached hydrogens (primary N) is 1. The topological polar surface area (TPSA) is 105 Å². The molecule has 2 atom stereocenters. The second-order valence-electron chi connectivity index (χ2n) is 5.34. The van der Waals surface area contributed by atoms with Crippen molar-refractivity contribution < 1.29 is 14.4 Å². The Balaban J connectivity index is 4.30. The summed E-state index contributed by atoms with van der Waals surface area (Å²) >= 11 is 0. The average Bonchev–Trinajstić information content (AvgIpc) is 2.31. The Morgan fingerprint density at radius 2 is 1.90 bits per heavy atom. The van der Waals surface area contributed by atoms with Gasteiger partial charge in [-0.3, -0.25) is 9.69 Å². The first kappa shape index (κ1) is 18.4. The van der Waals surface area contributed by atoms with Crippen LogP contribution in [-0.4, -0.2) is 55.8 Å². The van der Waals surface area contributed by atoms with Gasteiger partial charge in [-0.05, 0) is 32.9 Å². The van der Waals surface area contributed by atoms with Gasteiger partial charge in [-0.2, -0.15) is 0 Å². The lowest BCUT2D eigenvalue weighted by molar-refractivity contribution is -0.129. The number of aldehydes is 1. The van der Waals surface area contributed by atoms with Gasteiger partial charge in [0, 0.05) is 6.54 Å². The number of carbonyl (C=O) groups excluding carboxylic acids is 3. The Morgan fingerprint density at radius 3 is 2.30 bits per heavy atom. The van der Waals surface area contributed by atoms with Gasteiger partial charge in [-0.1, -0.05) is 13.8 Å². The van der Waals surface area contributed by atoms with Gasteiger partial charge in [0.15, 0.2) is 0 Å². The molecule has 0 saturated heterocycles. The Kier molecular flexibility index (Phi) is 8.54. The summed E-state index contributed by atoms with van der Waals surface area (Å²) in [5.41, 5.74) is 4.93. The van der Waals surface area contributed by atoms with Gasteiger partial charge >= 0.3 is 6.03 Å². The zero-order valence-corrected chi connectivity index (χ0v) is 12.7. The molecule has 0 aliphatic heterocycles. The highest BCUT2D eigenvalue weighted by Crippen LogP contribution is 2.08. The van der Waals surface area contributed by atoms with Crippen molar-refractivity contribution in [3.63, 3.8) is 0 Å².